The van der Waals surface area contributed by atoms with Crippen molar-refractivity contribution < 1.29 is 22.9 Å². The molecule has 0 aliphatic heterocycles. The van der Waals surface area contributed by atoms with Gasteiger partial charge in [0.25, 0.3) is 0 Å². The number of aldehydes is 1. The minimum Gasteiger partial charge on any atom is -0.407 e. The van der Waals surface area contributed by atoms with E-state index in [2.05, 4.69) is 6.92 Å². The SMILES string of the molecule is CCOP(=O)(OCC)OC1=C2CCC[C@@H]2C[C@H](C=O)[C@@H]1SCC. The van der Waals surface area contributed by atoms with Crippen molar-refractivity contribution >= 4 is 25.9 Å². The van der Waals surface area contributed by atoms with Gasteiger partial charge in [-0.15, -0.1) is 0 Å². The molecule has 0 amide bonds. The van der Waals surface area contributed by atoms with Crippen LogP contribution in [0.4, 0.5) is 0 Å². The topological polar surface area (TPSA) is 61.8 Å². The van der Waals surface area contributed by atoms with Gasteiger partial charge in [0.05, 0.1) is 18.5 Å². The first-order valence-corrected chi connectivity index (χ1v) is 11.0. The van der Waals surface area contributed by atoms with Crippen molar-refractivity contribution in [3.63, 3.8) is 0 Å². The van der Waals surface area contributed by atoms with Gasteiger partial charge in [-0.3, -0.25) is 9.05 Å². The summed E-state index contributed by atoms with van der Waals surface area (Å²) >= 11 is 1.67. The van der Waals surface area contributed by atoms with Crippen LogP contribution in [-0.2, 0) is 22.9 Å². The molecule has 3 atom stereocenters. The molecule has 0 bridgehead atoms. The highest BCUT2D eigenvalue weighted by atomic mass is 32.2. The normalized spacial score (nSPS) is 27.9. The second-order valence-corrected chi connectivity index (χ2v) is 8.78. The zero-order valence-electron chi connectivity index (χ0n) is 14.2. The number of thioether (sulfide) groups is 1. The number of fused-ring (bicyclic) bond motifs is 1. The van der Waals surface area contributed by atoms with Gasteiger partial charge in [-0.05, 0) is 56.8 Å². The minimum atomic E-state index is -3.62. The summed E-state index contributed by atoms with van der Waals surface area (Å²) in [6.45, 7) is 6.09. The Kier molecular flexibility index (Phi) is 7.20. The van der Waals surface area contributed by atoms with E-state index in [1.165, 1.54) is 5.57 Å². The van der Waals surface area contributed by atoms with E-state index in [1.807, 2.05) is 0 Å². The van der Waals surface area contributed by atoms with Gasteiger partial charge in [0.15, 0.2) is 0 Å². The van der Waals surface area contributed by atoms with E-state index >= 15 is 0 Å². The highest BCUT2D eigenvalue weighted by Crippen LogP contribution is 2.57. The summed E-state index contributed by atoms with van der Waals surface area (Å²) in [5, 5.41) is -0.0870. The van der Waals surface area contributed by atoms with Crippen LogP contribution in [0.25, 0.3) is 0 Å². The van der Waals surface area contributed by atoms with Crippen LogP contribution in [0.1, 0.15) is 46.5 Å². The number of rotatable bonds is 9. The molecular weight excluding hydrogens is 335 g/mol. The Bertz CT molecular complexity index is 483. The summed E-state index contributed by atoms with van der Waals surface area (Å²) in [6.07, 6.45) is 5.01. The van der Waals surface area contributed by atoms with Crippen molar-refractivity contribution in [2.45, 2.75) is 51.7 Å². The summed E-state index contributed by atoms with van der Waals surface area (Å²) in [4.78, 5) is 11.6. The van der Waals surface area contributed by atoms with Crippen LogP contribution in [0.15, 0.2) is 11.3 Å². The fourth-order valence-electron chi connectivity index (χ4n) is 3.47. The number of carbonyl (C=O) groups is 1. The lowest BCUT2D eigenvalue weighted by Crippen LogP contribution is -2.31. The van der Waals surface area contributed by atoms with E-state index in [4.69, 9.17) is 13.6 Å². The molecule has 2 rings (SSSR count). The second kappa shape index (κ2) is 8.70. The van der Waals surface area contributed by atoms with Crippen molar-refractivity contribution in [2.75, 3.05) is 19.0 Å². The fourth-order valence-corrected chi connectivity index (χ4v) is 5.96. The lowest BCUT2D eigenvalue weighted by Gasteiger charge is -2.35. The van der Waals surface area contributed by atoms with Crippen LogP contribution in [-0.4, -0.2) is 30.5 Å². The first-order valence-electron chi connectivity index (χ1n) is 8.47. The van der Waals surface area contributed by atoms with Crippen molar-refractivity contribution in [3.05, 3.63) is 11.3 Å². The molecule has 0 saturated heterocycles. The first-order chi connectivity index (χ1) is 11.1. The summed E-state index contributed by atoms with van der Waals surface area (Å²) < 4.78 is 29.3. The van der Waals surface area contributed by atoms with Crippen LogP contribution in [0, 0.1) is 11.8 Å². The third kappa shape index (κ3) is 4.41. The number of phosphoric acid groups is 1. The molecule has 2 aliphatic rings. The average Bonchev–Trinajstić information content (AvgIpc) is 2.98. The Hall–Kier alpha value is -0.290. The predicted molar refractivity (Wildman–Crippen MR) is 92.4 cm³/mol. The molecule has 0 unspecified atom stereocenters. The summed E-state index contributed by atoms with van der Waals surface area (Å²) in [7, 11) is -3.62. The maximum atomic E-state index is 12.8. The molecule has 0 radical (unpaired) electrons. The van der Waals surface area contributed by atoms with Crippen molar-refractivity contribution in [1.82, 2.24) is 0 Å². The lowest BCUT2D eigenvalue weighted by atomic mass is 9.82. The van der Waals surface area contributed by atoms with Gasteiger partial charge >= 0.3 is 7.82 Å². The van der Waals surface area contributed by atoms with Crippen LogP contribution in [0.3, 0.4) is 0 Å². The maximum Gasteiger partial charge on any atom is 0.529 e. The first kappa shape index (κ1) is 19.0. The van der Waals surface area contributed by atoms with Gasteiger partial charge < -0.3 is 9.32 Å². The highest BCUT2D eigenvalue weighted by Gasteiger charge is 2.43. The van der Waals surface area contributed by atoms with Crippen LogP contribution < -0.4 is 0 Å². The van der Waals surface area contributed by atoms with E-state index in [9.17, 15) is 9.36 Å². The van der Waals surface area contributed by atoms with Gasteiger partial charge in [-0.2, -0.15) is 11.8 Å². The zero-order valence-corrected chi connectivity index (χ0v) is 15.9. The molecule has 1 fully saturated rings. The lowest BCUT2D eigenvalue weighted by molar-refractivity contribution is -0.111. The van der Waals surface area contributed by atoms with E-state index < -0.39 is 7.82 Å². The van der Waals surface area contributed by atoms with E-state index in [-0.39, 0.29) is 24.4 Å². The standard InChI is InChI=1S/C16H27O5PS/c1-4-19-22(18,20-5-2)21-15-14-9-7-8-12(14)10-13(11-17)16(15)23-6-3/h11-13,16H,4-10H2,1-3H3/t12-,13-,16+/m1/s1. The average molecular weight is 362 g/mol. The van der Waals surface area contributed by atoms with Crippen molar-refractivity contribution in [2.24, 2.45) is 11.8 Å². The molecule has 0 aromatic rings. The number of allylic oxidation sites excluding steroid dienone is 1. The molecule has 0 aromatic carbocycles. The molecular formula is C16H27O5PS. The van der Waals surface area contributed by atoms with Gasteiger partial charge in [0, 0.05) is 5.92 Å². The molecule has 1 saturated carbocycles. The summed E-state index contributed by atoms with van der Waals surface area (Å²) in [5.41, 5.74) is 1.22. The monoisotopic (exact) mass is 362 g/mol. The number of hydrogen-bond acceptors (Lipinski definition) is 6. The van der Waals surface area contributed by atoms with Gasteiger partial charge in [-0.25, -0.2) is 4.57 Å². The molecule has 7 heteroatoms. The van der Waals surface area contributed by atoms with E-state index in [0.29, 0.717) is 11.7 Å². The minimum absolute atomic E-state index is 0.0870. The fraction of sp³-hybridized carbons (Fsp3) is 0.812. The quantitative estimate of drug-likeness (QED) is 0.442. The van der Waals surface area contributed by atoms with Gasteiger partial charge in [0.2, 0.25) is 0 Å². The third-order valence-electron chi connectivity index (χ3n) is 4.32. The van der Waals surface area contributed by atoms with Crippen molar-refractivity contribution in [3.8, 4) is 0 Å². The third-order valence-corrected chi connectivity index (χ3v) is 7.14. The van der Waals surface area contributed by atoms with Crippen LogP contribution in [0.5, 0.6) is 0 Å². The molecule has 132 valence electrons. The molecule has 2 aliphatic carbocycles. The Morgan fingerprint density at radius 2 is 1.96 bits per heavy atom. The predicted octanol–water partition coefficient (Wildman–Crippen LogP) is 4.58. The maximum absolute atomic E-state index is 12.8. The highest BCUT2D eigenvalue weighted by molar-refractivity contribution is 8.00. The number of carbonyl (C=O) groups excluding carboxylic acids is 1. The second-order valence-electron chi connectivity index (χ2n) is 5.76. The molecule has 5 nitrogen and oxygen atoms in total. The molecule has 0 aromatic heterocycles. The number of hydrogen-bond donors (Lipinski definition) is 0. The Labute approximate surface area is 143 Å². The van der Waals surface area contributed by atoms with Crippen LogP contribution >= 0.6 is 19.6 Å². The van der Waals surface area contributed by atoms with Gasteiger partial charge in [0.1, 0.15) is 12.0 Å². The Morgan fingerprint density at radius 1 is 1.26 bits per heavy atom. The summed E-state index contributed by atoms with van der Waals surface area (Å²) in [6, 6.07) is 0. The van der Waals surface area contributed by atoms with E-state index in [1.54, 1.807) is 25.6 Å². The molecule has 23 heavy (non-hydrogen) atoms. The van der Waals surface area contributed by atoms with E-state index in [0.717, 1.165) is 37.7 Å². The molecule has 0 spiro atoms. The Balaban J connectivity index is 2.35. The molecule has 0 N–H and O–H groups in total. The largest absolute Gasteiger partial charge is 0.529 e. The smallest absolute Gasteiger partial charge is 0.407 e. The summed E-state index contributed by atoms with van der Waals surface area (Å²) in [5.74, 6) is 1.82. The Morgan fingerprint density at radius 3 is 2.52 bits per heavy atom. The van der Waals surface area contributed by atoms with Crippen LogP contribution in [0.2, 0.25) is 0 Å². The number of phosphoric ester groups is 1. The zero-order chi connectivity index (χ0) is 16.9. The van der Waals surface area contributed by atoms with Gasteiger partial charge in [-0.1, -0.05) is 6.92 Å². The van der Waals surface area contributed by atoms with Crippen molar-refractivity contribution in [1.29, 1.82) is 0 Å². The molecule has 0 heterocycles.